The van der Waals surface area contributed by atoms with E-state index in [-0.39, 0.29) is 17.7 Å². The average molecular weight is 314 g/mol. The zero-order chi connectivity index (χ0) is 17.0. The third-order valence-corrected chi connectivity index (χ3v) is 3.89. The van der Waals surface area contributed by atoms with E-state index in [1.54, 1.807) is 4.90 Å². The van der Waals surface area contributed by atoms with Gasteiger partial charge in [-0.15, -0.1) is 0 Å². The predicted octanol–water partition coefficient (Wildman–Crippen LogP) is 2.92. The molecule has 0 aromatic carbocycles. The highest BCUT2D eigenvalue weighted by atomic mass is 16.6. The molecule has 1 rings (SSSR count). The van der Waals surface area contributed by atoms with Gasteiger partial charge in [-0.1, -0.05) is 0 Å². The molecular formula is C17H34N2O3. The summed E-state index contributed by atoms with van der Waals surface area (Å²) in [5.41, 5.74) is -0.750. The lowest BCUT2D eigenvalue weighted by atomic mass is 9.93. The van der Waals surface area contributed by atoms with Crippen LogP contribution in [0, 0.1) is 0 Å². The van der Waals surface area contributed by atoms with Gasteiger partial charge in [-0.25, -0.2) is 4.79 Å². The van der Waals surface area contributed by atoms with Crippen molar-refractivity contribution in [1.29, 1.82) is 0 Å². The minimum absolute atomic E-state index is 0.133. The van der Waals surface area contributed by atoms with Crippen molar-refractivity contribution >= 4 is 6.09 Å². The van der Waals surface area contributed by atoms with E-state index >= 15 is 0 Å². The molecule has 2 N–H and O–H groups in total. The molecule has 0 aromatic heterocycles. The summed E-state index contributed by atoms with van der Waals surface area (Å²) in [6, 6.07) is 0.448. The van der Waals surface area contributed by atoms with Crippen molar-refractivity contribution < 1.29 is 14.6 Å². The van der Waals surface area contributed by atoms with Crippen LogP contribution in [0.3, 0.4) is 0 Å². The molecule has 0 spiro atoms. The monoisotopic (exact) mass is 314 g/mol. The number of nitrogens with zero attached hydrogens (tertiary/aromatic N) is 1. The normalized spacial score (nSPS) is 23.2. The number of amides is 1. The zero-order valence-corrected chi connectivity index (χ0v) is 15.1. The van der Waals surface area contributed by atoms with Crippen LogP contribution in [-0.4, -0.2) is 52.5 Å². The maximum absolute atomic E-state index is 12.4. The standard InChI is InChI=1S/C17H34N2O3/c1-16(2,3)19(15(21)22-17(4,5)6)12-11-18-13-7-9-14(20)10-8-13/h13-14,18,20H,7-12H2,1-6H3. The number of aliphatic hydroxyl groups is 1. The maximum atomic E-state index is 12.4. The molecule has 1 aliphatic rings. The van der Waals surface area contributed by atoms with E-state index < -0.39 is 5.60 Å². The summed E-state index contributed by atoms with van der Waals surface area (Å²) in [5.74, 6) is 0. The van der Waals surface area contributed by atoms with Gasteiger partial charge in [0.05, 0.1) is 6.10 Å². The molecule has 1 amide bonds. The Morgan fingerprint density at radius 2 is 1.68 bits per heavy atom. The van der Waals surface area contributed by atoms with Crippen LogP contribution in [0.4, 0.5) is 4.79 Å². The lowest BCUT2D eigenvalue weighted by Gasteiger charge is -2.37. The Labute approximate surface area is 135 Å². The number of carbonyl (C=O) groups is 1. The third kappa shape index (κ3) is 6.97. The number of aliphatic hydroxyl groups excluding tert-OH is 1. The molecule has 0 saturated heterocycles. The van der Waals surface area contributed by atoms with Gasteiger partial charge in [0, 0.05) is 24.7 Å². The van der Waals surface area contributed by atoms with Crippen LogP contribution in [-0.2, 0) is 4.74 Å². The van der Waals surface area contributed by atoms with Crippen molar-refractivity contribution in [2.24, 2.45) is 0 Å². The van der Waals surface area contributed by atoms with Gasteiger partial charge in [-0.3, -0.25) is 0 Å². The Morgan fingerprint density at radius 1 is 1.14 bits per heavy atom. The van der Waals surface area contributed by atoms with Crippen LogP contribution in [0.25, 0.3) is 0 Å². The summed E-state index contributed by atoms with van der Waals surface area (Å²) in [6.45, 7) is 13.1. The molecule has 0 aromatic rings. The number of ether oxygens (including phenoxy) is 1. The molecule has 1 fully saturated rings. The van der Waals surface area contributed by atoms with Crippen molar-refractivity contribution in [2.75, 3.05) is 13.1 Å². The molecule has 0 aliphatic heterocycles. The summed E-state index contributed by atoms with van der Waals surface area (Å²) >= 11 is 0. The topological polar surface area (TPSA) is 61.8 Å². The molecule has 22 heavy (non-hydrogen) atoms. The minimum atomic E-state index is -0.479. The summed E-state index contributed by atoms with van der Waals surface area (Å²) in [4.78, 5) is 14.2. The summed E-state index contributed by atoms with van der Waals surface area (Å²) < 4.78 is 5.51. The van der Waals surface area contributed by atoms with Crippen LogP contribution in [0.1, 0.15) is 67.2 Å². The highest BCUT2D eigenvalue weighted by molar-refractivity contribution is 5.69. The Bertz CT molecular complexity index is 350. The minimum Gasteiger partial charge on any atom is -0.444 e. The van der Waals surface area contributed by atoms with E-state index in [2.05, 4.69) is 5.32 Å². The molecule has 0 unspecified atom stereocenters. The van der Waals surface area contributed by atoms with Gasteiger partial charge in [-0.2, -0.15) is 0 Å². The van der Waals surface area contributed by atoms with Gasteiger partial charge >= 0.3 is 6.09 Å². The predicted molar refractivity (Wildman–Crippen MR) is 89.0 cm³/mol. The first-order chi connectivity index (χ1) is 9.99. The molecule has 130 valence electrons. The fourth-order valence-corrected chi connectivity index (χ4v) is 2.68. The highest BCUT2D eigenvalue weighted by Gasteiger charge is 2.30. The molecule has 0 atom stereocenters. The Kier molecular flexibility index (Phi) is 6.68. The molecule has 0 heterocycles. The smallest absolute Gasteiger partial charge is 0.410 e. The molecule has 1 aliphatic carbocycles. The SMILES string of the molecule is CC(C)(C)OC(=O)N(CCNC1CCC(O)CC1)C(C)(C)C. The second-order valence-electron chi connectivity index (χ2n) is 8.26. The molecule has 0 bridgehead atoms. The lowest BCUT2D eigenvalue weighted by molar-refractivity contribution is 0.00629. The Balaban J connectivity index is 2.47. The second-order valence-corrected chi connectivity index (χ2v) is 8.26. The van der Waals surface area contributed by atoms with E-state index in [9.17, 15) is 9.90 Å². The average Bonchev–Trinajstić information content (AvgIpc) is 2.32. The van der Waals surface area contributed by atoms with Crippen molar-refractivity contribution in [1.82, 2.24) is 10.2 Å². The fourth-order valence-electron chi connectivity index (χ4n) is 2.68. The zero-order valence-electron chi connectivity index (χ0n) is 15.1. The van der Waals surface area contributed by atoms with E-state index in [4.69, 9.17) is 4.74 Å². The fraction of sp³-hybridized carbons (Fsp3) is 0.941. The molecule has 5 heteroatoms. The molecule has 0 radical (unpaired) electrons. The van der Waals surface area contributed by atoms with Gasteiger partial charge in [0.25, 0.3) is 0 Å². The van der Waals surface area contributed by atoms with Crippen LogP contribution < -0.4 is 5.32 Å². The molecule has 5 nitrogen and oxygen atoms in total. The molecule has 1 saturated carbocycles. The number of rotatable bonds is 4. The summed E-state index contributed by atoms with van der Waals surface area (Å²) in [6.07, 6.45) is 3.35. The first-order valence-electron chi connectivity index (χ1n) is 8.41. The number of carbonyl (C=O) groups excluding carboxylic acids is 1. The van der Waals surface area contributed by atoms with E-state index in [1.807, 2.05) is 41.5 Å². The van der Waals surface area contributed by atoms with Gasteiger partial charge in [0.1, 0.15) is 5.60 Å². The number of hydrogen-bond acceptors (Lipinski definition) is 4. The van der Waals surface area contributed by atoms with Gasteiger partial charge < -0.3 is 20.1 Å². The van der Waals surface area contributed by atoms with Crippen molar-refractivity contribution in [3.63, 3.8) is 0 Å². The summed E-state index contributed by atoms with van der Waals surface area (Å²) in [7, 11) is 0. The van der Waals surface area contributed by atoms with Crippen LogP contribution >= 0.6 is 0 Å². The first kappa shape index (κ1) is 19.2. The largest absolute Gasteiger partial charge is 0.444 e. The highest BCUT2D eigenvalue weighted by Crippen LogP contribution is 2.20. The van der Waals surface area contributed by atoms with E-state index in [0.717, 1.165) is 32.2 Å². The Hall–Kier alpha value is -0.810. The van der Waals surface area contributed by atoms with E-state index in [0.29, 0.717) is 12.6 Å². The van der Waals surface area contributed by atoms with Crippen LogP contribution in [0.5, 0.6) is 0 Å². The quantitative estimate of drug-likeness (QED) is 0.837. The second kappa shape index (κ2) is 7.64. The van der Waals surface area contributed by atoms with Crippen molar-refractivity contribution in [3.05, 3.63) is 0 Å². The van der Waals surface area contributed by atoms with Crippen molar-refractivity contribution in [2.45, 2.75) is 90.5 Å². The van der Waals surface area contributed by atoms with Crippen LogP contribution in [0.15, 0.2) is 0 Å². The van der Waals surface area contributed by atoms with E-state index in [1.165, 1.54) is 0 Å². The Morgan fingerprint density at radius 3 is 2.14 bits per heavy atom. The maximum Gasteiger partial charge on any atom is 0.410 e. The number of hydrogen-bond donors (Lipinski definition) is 2. The summed E-state index contributed by atoms with van der Waals surface area (Å²) in [5, 5.41) is 13.0. The lowest BCUT2D eigenvalue weighted by Crippen LogP contribution is -2.51. The molecular weight excluding hydrogens is 280 g/mol. The van der Waals surface area contributed by atoms with Crippen molar-refractivity contribution in [3.8, 4) is 0 Å². The number of nitrogens with one attached hydrogen (secondary N) is 1. The van der Waals surface area contributed by atoms with Gasteiger partial charge in [0.2, 0.25) is 0 Å². The van der Waals surface area contributed by atoms with Crippen LogP contribution in [0.2, 0.25) is 0 Å². The third-order valence-electron chi connectivity index (χ3n) is 3.89. The first-order valence-corrected chi connectivity index (χ1v) is 8.41. The van der Waals surface area contributed by atoms with Gasteiger partial charge in [0.15, 0.2) is 0 Å². The van der Waals surface area contributed by atoms with Gasteiger partial charge in [-0.05, 0) is 67.2 Å².